The summed E-state index contributed by atoms with van der Waals surface area (Å²) in [4.78, 5) is 26.1. The zero-order valence-corrected chi connectivity index (χ0v) is 9.30. The van der Waals surface area contributed by atoms with Crippen LogP contribution in [0.15, 0.2) is 27.6 Å². The van der Waals surface area contributed by atoms with Gasteiger partial charge in [0.2, 0.25) is 5.75 Å². The lowest BCUT2D eigenvalue weighted by Gasteiger charge is -2.04. The number of aromatic hydroxyl groups is 1. The first kappa shape index (κ1) is 10.6. The highest BCUT2D eigenvalue weighted by Gasteiger charge is 2.18. The van der Waals surface area contributed by atoms with Gasteiger partial charge in [0.1, 0.15) is 5.65 Å². The molecule has 0 radical (unpaired) electrons. The molecule has 16 heavy (non-hydrogen) atoms. The molecule has 2 aromatic heterocycles. The van der Waals surface area contributed by atoms with Crippen molar-refractivity contribution >= 4 is 27.5 Å². The molecule has 2 rings (SSSR count). The second kappa shape index (κ2) is 3.60. The van der Waals surface area contributed by atoms with Crippen molar-refractivity contribution in [2.45, 2.75) is 0 Å². The maximum atomic E-state index is 11.7. The monoisotopic (exact) mass is 284 g/mol. The van der Waals surface area contributed by atoms with Crippen LogP contribution < -0.4 is 5.56 Å². The number of carboxylic acid groups (broad SMARTS) is 1. The molecule has 0 fully saturated rings. The molecule has 0 saturated carbocycles. The Hall–Kier alpha value is -1.89. The Morgan fingerprint density at radius 1 is 1.44 bits per heavy atom. The molecular formula is C9H5BrN2O4. The van der Waals surface area contributed by atoms with Gasteiger partial charge in [-0.1, -0.05) is 6.07 Å². The van der Waals surface area contributed by atoms with E-state index in [0.717, 1.165) is 4.40 Å². The minimum absolute atomic E-state index is 0.148. The number of halogens is 1. The molecule has 0 aromatic carbocycles. The summed E-state index contributed by atoms with van der Waals surface area (Å²) < 4.78 is 1.46. The molecule has 0 aliphatic heterocycles. The van der Waals surface area contributed by atoms with Crippen molar-refractivity contribution in [2.24, 2.45) is 0 Å². The molecule has 2 N–H and O–H groups in total. The Labute approximate surface area is 96.9 Å². The van der Waals surface area contributed by atoms with E-state index in [4.69, 9.17) is 5.11 Å². The number of hydrogen-bond donors (Lipinski definition) is 2. The summed E-state index contributed by atoms with van der Waals surface area (Å²) in [7, 11) is 0. The molecule has 0 bridgehead atoms. The van der Waals surface area contributed by atoms with Gasteiger partial charge in [0.05, 0.1) is 4.60 Å². The number of carbonyl (C=O) groups is 1. The normalized spacial score (nSPS) is 10.6. The van der Waals surface area contributed by atoms with Crippen molar-refractivity contribution in [3.8, 4) is 5.75 Å². The molecule has 0 aliphatic rings. The van der Waals surface area contributed by atoms with E-state index in [1.807, 2.05) is 0 Å². The minimum Gasteiger partial charge on any atom is -0.501 e. The van der Waals surface area contributed by atoms with Crippen molar-refractivity contribution < 1.29 is 15.0 Å². The van der Waals surface area contributed by atoms with Crippen LogP contribution in [0.3, 0.4) is 0 Å². The van der Waals surface area contributed by atoms with Crippen LogP contribution in [-0.4, -0.2) is 25.6 Å². The van der Waals surface area contributed by atoms with E-state index in [9.17, 15) is 14.7 Å². The second-order valence-corrected chi connectivity index (χ2v) is 3.77. The molecule has 0 aliphatic carbocycles. The third-order valence-corrected chi connectivity index (χ3v) is 2.60. The zero-order valence-electron chi connectivity index (χ0n) is 7.72. The van der Waals surface area contributed by atoms with Crippen molar-refractivity contribution in [2.75, 3.05) is 0 Å². The lowest BCUT2D eigenvalue weighted by Crippen LogP contribution is -2.19. The number of hydrogen-bond acceptors (Lipinski definition) is 4. The van der Waals surface area contributed by atoms with Gasteiger partial charge in [-0.25, -0.2) is 9.78 Å². The number of rotatable bonds is 1. The number of pyridine rings is 1. The molecule has 0 spiro atoms. The lowest BCUT2D eigenvalue weighted by atomic mass is 10.3. The molecule has 7 heteroatoms. The first-order valence-corrected chi connectivity index (χ1v) is 4.95. The average Bonchev–Trinajstić information content (AvgIpc) is 2.22. The third-order valence-electron chi connectivity index (χ3n) is 1.98. The quantitative estimate of drug-likeness (QED) is 0.758. The number of aromatic carboxylic acids is 1. The van der Waals surface area contributed by atoms with Gasteiger partial charge in [-0.2, -0.15) is 0 Å². The van der Waals surface area contributed by atoms with Gasteiger partial charge in [-0.05, 0) is 28.1 Å². The summed E-state index contributed by atoms with van der Waals surface area (Å²) in [5.41, 5.74) is -1.33. The summed E-state index contributed by atoms with van der Waals surface area (Å²) in [6, 6.07) is 4.66. The lowest BCUT2D eigenvalue weighted by molar-refractivity contribution is 0.0686. The summed E-state index contributed by atoms with van der Waals surface area (Å²) >= 11 is 3.11. The van der Waals surface area contributed by atoms with Crippen LogP contribution in [-0.2, 0) is 0 Å². The van der Waals surface area contributed by atoms with E-state index in [2.05, 4.69) is 20.9 Å². The van der Waals surface area contributed by atoms with Crippen LogP contribution in [0, 0.1) is 0 Å². The van der Waals surface area contributed by atoms with Gasteiger partial charge in [0.15, 0.2) is 5.69 Å². The second-order valence-electron chi connectivity index (χ2n) is 2.96. The molecule has 0 saturated heterocycles. The largest absolute Gasteiger partial charge is 0.501 e. The van der Waals surface area contributed by atoms with Crippen molar-refractivity contribution in [3.05, 3.63) is 38.9 Å². The molecule has 6 nitrogen and oxygen atoms in total. The fraction of sp³-hybridized carbons (Fsp3) is 0. The van der Waals surface area contributed by atoms with Crippen LogP contribution in [0.4, 0.5) is 0 Å². The van der Waals surface area contributed by atoms with Crippen LogP contribution in [0.5, 0.6) is 5.75 Å². The maximum absolute atomic E-state index is 11.7. The predicted octanol–water partition coefficient (Wildman–Crippen LogP) is 0.861. The van der Waals surface area contributed by atoms with E-state index in [-0.39, 0.29) is 5.65 Å². The van der Waals surface area contributed by atoms with Crippen LogP contribution in [0.25, 0.3) is 5.65 Å². The number of fused-ring (bicyclic) bond motifs is 1. The van der Waals surface area contributed by atoms with E-state index >= 15 is 0 Å². The summed E-state index contributed by atoms with van der Waals surface area (Å²) in [6.07, 6.45) is 0. The Bertz CT molecular complexity index is 650. The molecule has 82 valence electrons. The Balaban J connectivity index is 3.00. The summed E-state index contributed by atoms with van der Waals surface area (Å²) in [6.45, 7) is 0. The number of nitrogens with zero attached hydrogens (tertiary/aromatic N) is 2. The first-order valence-electron chi connectivity index (χ1n) is 4.16. The van der Waals surface area contributed by atoms with Crippen LogP contribution in [0.1, 0.15) is 10.5 Å². The molecule has 0 unspecified atom stereocenters. The smallest absolute Gasteiger partial charge is 0.358 e. The summed E-state index contributed by atoms with van der Waals surface area (Å²) in [5.74, 6) is -2.33. The van der Waals surface area contributed by atoms with E-state index < -0.39 is 23.0 Å². The topological polar surface area (TPSA) is 91.9 Å². The van der Waals surface area contributed by atoms with Gasteiger partial charge in [-0.15, -0.1) is 0 Å². The minimum atomic E-state index is -1.45. The number of aromatic nitrogens is 2. The van der Waals surface area contributed by atoms with Crippen LogP contribution >= 0.6 is 15.9 Å². The van der Waals surface area contributed by atoms with Crippen LogP contribution in [0.2, 0.25) is 0 Å². The fourth-order valence-electron chi connectivity index (χ4n) is 1.28. The standard InChI is InChI=1S/C9H5BrN2O4/c10-4-2-1-3-5-11-6(9(15)16)7(13)8(14)12(4)5/h1-3,13H,(H,15,16). The Kier molecular flexibility index (Phi) is 2.39. The van der Waals surface area contributed by atoms with Gasteiger partial charge < -0.3 is 10.2 Å². The SMILES string of the molecule is O=C(O)c1nc2cccc(Br)n2c(=O)c1O. The zero-order chi connectivity index (χ0) is 11.9. The van der Waals surface area contributed by atoms with E-state index in [0.29, 0.717) is 4.60 Å². The molecule has 0 amide bonds. The first-order chi connectivity index (χ1) is 7.52. The fourth-order valence-corrected chi connectivity index (χ4v) is 1.78. The molecule has 2 aromatic rings. The van der Waals surface area contributed by atoms with Crippen molar-refractivity contribution in [1.29, 1.82) is 0 Å². The van der Waals surface area contributed by atoms with E-state index in [1.54, 1.807) is 12.1 Å². The Morgan fingerprint density at radius 2 is 2.12 bits per heavy atom. The maximum Gasteiger partial charge on any atom is 0.358 e. The van der Waals surface area contributed by atoms with Gasteiger partial charge in [0.25, 0.3) is 0 Å². The predicted molar refractivity (Wildman–Crippen MR) is 57.8 cm³/mol. The van der Waals surface area contributed by atoms with Gasteiger partial charge in [-0.3, -0.25) is 9.20 Å². The third kappa shape index (κ3) is 1.45. The highest BCUT2D eigenvalue weighted by molar-refractivity contribution is 9.10. The van der Waals surface area contributed by atoms with Gasteiger partial charge >= 0.3 is 11.5 Å². The van der Waals surface area contributed by atoms with Crippen molar-refractivity contribution in [3.63, 3.8) is 0 Å². The molecule has 2 heterocycles. The highest BCUT2D eigenvalue weighted by atomic mass is 79.9. The van der Waals surface area contributed by atoms with E-state index in [1.165, 1.54) is 6.07 Å². The highest BCUT2D eigenvalue weighted by Crippen LogP contribution is 2.14. The van der Waals surface area contributed by atoms with Crippen molar-refractivity contribution in [1.82, 2.24) is 9.38 Å². The number of carboxylic acids is 1. The molecule has 0 atom stereocenters. The Morgan fingerprint density at radius 3 is 2.75 bits per heavy atom. The average molecular weight is 285 g/mol. The summed E-state index contributed by atoms with van der Waals surface area (Å²) in [5, 5.41) is 18.1. The van der Waals surface area contributed by atoms with Gasteiger partial charge in [0, 0.05) is 0 Å². The molecular weight excluding hydrogens is 280 g/mol.